The second kappa shape index (κ2) is 11.3. The molecule has 2 saturated carbocycles. The largest absolute Gasteiger partial charge is 0.451 e. The highest BCUT2D eigenvalue weighted by Crippen LogP contribution is 2.47. The first-order chi connectivity index (χ1) is 19.1. The maximum Gasteiger partial charge on any atom is 0.188 e. The number of piperazine rings is 1. The standard InChI is InChI=1S/C31H34FN5O2/c32-24-6-10-29(28(16-24)26-9-3-22(17-33)15-27(26)23-4-5-23)39-30-18-34-20-35-31(30)37-13-11-36(12-14-37)19-21-1-7-25(38)8-2-21/h3,6,9-10,15-16,18,20-21,23,25,38H,1-2,4-5,7-8,11-14,19H2. The van der Waals surface area contributed by atoms with Crippen LogP contribution in [0, 0.1) is 23.1 Å². The summed E-state index contributed by atoms with van der Waals surface area (Å²) >= 11 is 0. The Balaban J connectivity index is 1.21. The second-order valence-corrected chi connectivity index (χ2v) is 11.1. The molecule has 39 heavy (non-hydrogen) atoms. The van der Waals surface area contributed by atoms with E-state index in [-0.39, 0.29) is 11.9 Å². The van der Waals surface area contributed by atoms with Gasteiger partial charge in [-0.3, -0.25) is 4.90 Å². The molecule has 6 rings (SSSR count). The van der Waals surface area contributed by atoms with Crippen molar-refractivity contribution in [3.8, 4) is 28.7 Å². The Morgan fingerprint density at radius 2 is 1.74 bits per heavy atom. The Morgan fingerprint density at radius 3 is 2.49 bits per heavy atom. The Kier molecular flexibility index (Phi) is 7.45. The van der Waals surface area contributed by atoms with Gasteiger partial charge in [-0.05, 0) is 91.8 Å². The summed E-state index contributed by atoms with van der Waals surface area (Å²) in [6.07, 6.45) is 9.28. The zero-order valence-corrected chi connectivity index (χ0v) is 22.1. The molecule has 3 aliphatic rings. The molecule has 0 radical (unpaired) electrons. The fraction of sp³-hybridized carbons (Fsp3) is 0.452. The minimum Gasteiger partial charge on any atom is -0.451 e. The molecule has 8 heteroatoms. The van der Waals surface area contributed by atoms with E-state index in [1.54, 1.807) is 24.7 Å². The summed E-state index contributed by atoms with van der Waals surface area (Å²) in [5.41, 5.74) is 3.24. The highest BCUT2D eigenvalue weighted by molar-refractivity contribution is 5.76. The number of rotatable bonds is 7. The van der Waals surface area contributed by atoms with Crippen molar-refractivity contribution in [2.24, 2.45) is 5.92 Å². The summed E-state index contributed by atoms with van der Waals surface area (Å²) in [6.45, 7) is 4.64. The highest BCUT2D eigenvalue weighted by Gasteiger charge is 2.29. The molecule has 2 aliphatic carbocycles. The van der Waals surface area contributed by atoms with E-state index < -0.39 is 0 Å². The van der Waals surface area contributed by atoms with Gasteiger partial charge in [-0.2, -0.15) is 5.26 Å². The van der Waals surface area contributed by atoms with Crippen molar-refractivity contribution < 1.29 is 14.2 Å². The molecule has 1 aromatic heterocycles. The molecule has 0 bridgehead atoms. The first-order valence-corrected chi connectivity index (χ1v) is 14.0. The van der Waals surface area contributed by atoms with Crippen LogP contribution in [-0.2, 0) is 0 Å². The molecule has 0 amide bonds. The third-order valence-electron chi connectivity index (χ3n) is 8.31. The maximum absolute atomic E-state index is 14.5. The van der Waals surface area contributed by atoms with Gasteiger partial charge >= 0.3 is 0 Å². The number of aliphatic hydroxyl groups excluding tert-OH is 1. The fourth-order valence-corrected chi connectivity index (χ4v) is 5.98. The number of hydrogen-bond donors (Lipinski definition) is 1. The average molecular weight is 528 g/mol. The summed E-state index contributed by atoms with van der Waals surface area (Å²) in [7, 11) is 0. The number of benzene rings is 2. The number of nitrogens with zero attached hydrogens (tertiary/aromatic N) is 5. The number of aliphatic hydroxyl groups is 1. The lowest BCUT2D eigenvalue weighted by Crippen LogP contribution is -2.48. The van der Waals surface area contributed by atoms with E-state index in [9.17, 15) is 14.8 Å². The van der Waals surface area contributed by atoms with Gasteiger partial charge < -0.3 is 14.7 Å². The normalized spacial score (nSPS) is 21.9. The van der Waals surface area contributed by atoms with Gasteiger partial charge in [0.2, 0.25) is 0 Å². The molecule has 0 atom stereocenters. The quantitative estimate of drug-likeness (QED) is 0.434. The van der Waals surface area contributed by atoms with Gasteiger partial charge in [0.05, 0.1) is 23.9 Å². The molecular weight excluding hydrogens is 493 g/mol. The van der Waals surface area contributed by atoms with Crippen LogP contribution in [0.4, 0.5) is 10.2 Å². The summed E-state index contributed by atoms with van der Waals surface area (Å²) < 4.78 is 20.9. The second-order valence-electron chi connectivity index (χ2n) is 11.1. The number of hydrogen-bond acceptors (Lipinski definition) is 7. The molecular formula is C31H34FN5O2. The van der Waals surface area contributed by atoms with Gasteiger partial charge in [0.15, 0.2) is 11.6 Å². The summed E-state index contributed by atoms with van der Waals surface area (Å²) in [5.74, 6) is 2.53. The van der Waals surface area contributed by atoms with E-state index >= 15 is 0 Å². The monoisotopic (exact) mass is 527 g/mol. The van der Waals surface area contributed by atoms with E-state index in [1.165, 1.54) is 12.1 Å². The molecule has 1 N–H and O–H groups in total. The molecule has 0 spiro atoms. The zero-order chi connectivity index (χ0) is 26.8. The van der Waals surface area contributed by atoms with Crippen molar-refractivity contribution >= 4 is 5.82 Å². The van der Waals surface area contributed by atoms with E-state index in [4.69, 9.17) is 4.74 Å². The van der Waals surface area contributed by atoms with Crippen LogP contribution in [0.15, 0.2) is 48.9 Å². The van der Waals surface area contributed by atoms with Crippen LogP contribution in [0.5, 0.6) is 11.5 Å². The Labute approximate surface area is 228 Å². The van der Waals surface area contributed by atoms with E-state index in [2.05, 4.69) is 25.8 Å². The van der Waals surface area contributed by atoms with Crippen molar-refractivity contribution in [1.29, 1.82) is 5.26 Å². The molecule has 202 valence electrons. The van der Waals surface area contributed by atoms with Crippen molar-refractivity contribution in [2.45, 2.75) is 50.5 Å². The topological polar surface area (TPSA) is 85.5 Å². The van der Waals surface area contributed by atoms with Crippen LogP contribution in [0.2, 0.25) is 0 Å². The van der Waals surface area contributed by atoms with Crippen LogP contribution in [-0.4, -0.2) is 58.8 Å². The first kappa shape index (κ1) is 25.7. The van der Waals surface area contributed by atoms with Crippen molar-refractivity contribution in [3.05, 3.63) is 65.9 Å². The molecule has 2 heterocycles. The van der Waals surface area contributed by atoms with Gasteiger partial charge in [0, 0.05) is 38.3 Å². The molecule has 3 aromatic rings. The lowest BCUT2D eigenvalue weighted by Gasteiger charge is -2.38. The lowest BCUT2D eigenvalue weighted by molar-refractivity contribution is 0.0926. The van der Waals surface area contributed by atoms with Crippen molar-refractivity contribution in [2.75, 3.05) is 37.6 Å². The predicted molar refractivity (Wildman–Crippen MR) is 147 cm³/mol. The van der Waals surface area contributed by atoms with E-state index in [0.29, 0.717) is 34.5 Å². The number of halogens is 1. The summed E-state index contributed by atoms with van der Waals surface area (Å²) in [6, 6.07) is 12.4. The number of nitriles is 1. The van der Waals surface area contributed by atoms with Gasteiger partial charge in [-0.1, -0.05) is 6.07 Å². The van der Waals surface area contributed by atoms with Crippen LogP contribution in [0.3, 0.4) is 0 Å². The van der Waals surface area contributed by atoms with Crippen molar-refractivity contribution in [1.82, 2.24) is 14.9 Å². The minimum atomic E-state index is -0.336. The van der Waals surface area contributed by atoms with Gasteiger partial charge in [0.25, 0.3) is 0 Å². The fourth-order valence-electron chi connectivity index (χ4n) is 5.98. The molecule has 1 aliphatic heterocycles. The number of ether oxygens (including phenoxy) is 1. The third-order valence-corrected chi connectivity index (χ3v) is 8.31. The number of anilines is 1. The molecule has 2 aromatic carbocycles. The summed E-state index contributed by atoms with van der Waals surface area (Å²) in [5, 5.41) is 19.2. The first-order valence-electron chi connectivity index (χ1n) is 14.0. The van der Waals surface area contributed by atoms with E-state index in [0.717, 1.165) is 88.2 Å². The predicted octanol–water partition coefficient (Wildman–Crippen LogP) is 5.50. The molecule has 3 fully saturated rings. The Morgan fingerprint density at radius 1 is 0.949 bits per heavy atom. The van der Waals surface area contributed by atoms with Gasteiger partial charge in [-0.15, -0.1) is 0 Å². The van der Waals surface area contributed by atoms with Crippen LogP contribution >= 0.6 is 0 Å². The smallest absolute Gasteiger partial charge is 0.188 e. The summed E-state index contributed by atoms with van der Waals surface area (Å²) in [4.78, 5) is 13.6. The Bertz CT molecular complexity index is 1360. The highest BCUT2D eigenvalue weighted by atomic mass is 19.1. The zero-order valence-electron chi connectivity index (χ0n) is 22.1. The molecule has 1 saturated heterocycles. The lowest BCUT2D eigenvalue weighted by atomic mass is 9.87. The molecule has 7 nitrogen and oxygen atoms in total. The van der Waals surface area contributed by atoms with Crippen LogP contribution < -0.4 is 9.64 Å². The van der Waals surface area contributed by atoms with Gasteiger partial charge in [-0.25, -0.2) is 14.4 Å². The van der Waals surface area contributed by atoms with Crippen LogP contribution in [0.1, 0.15) is 55.6 Å². The van der Waals surface area contributed by atoms with Crippen LogP contribution in [0.25, 0.3) is 11.1 Å². The van der Waals surface area contributed by atoms with E-state index in [1.807, 2.05) is 12.1 Å². The minimum absolute atomic E-state index is 0.117. The third kappa shape index (κ3) is 5.90. The van der Waals surface area contributed by atoms with Gasteiger partial charge in [0.1, 0.15) is 17.9 Å². The average Bonchev–Trinajstić information content (AvgIpc) is 3.81. The SMILES string of the molecule is N#Cc1ccc(-c2cc(F)ccc2Oc2cncnc2N2CCN(CC3CCC(O)CC3)CC2)c(C2CC2)c1. The molecule has 0 unspecified atom stereocenters. The van der Waals surface area contributed by atoms with Crippen molar-refractivity contribution in [3.63, 3.8) is 0 Å². The number of aromatic nitrogens is 2. The Hall–Kier alpha value is -3.54. The maximum atomic E-state index is 14.5.